The Morgan fingerprint density at radius 1 is 1.19 bits per heavy atom. The number of amides is 2. The molecule has 1 saturated carbocycles. The average molecular weight is 445 g/mol. The second-order valence-electron chi connectivity index (χ2n) is 8.93. The number of nitrogens with one attached hydrogen (secondary N) is 1. The van der Waals surface area contributed by atoms with Crippen LogP contribution in [-0.4, -0.2) is 62.8 Å². The number of hydrogen-bond acceptors (Lipinski definition) is 5. The molecule has 2 aliphatic rings. The number of fused-ring (bicyclic) bond motifs is 1. The summed E-state index contributed by atoms with van der Waals surface area (Å²) in [5, 5.41) is 3.09. The second kappa shape index (κ2) is 11.6. The summed E-state index contributed by atoms with van der Waals surface area (Å²) in [5.74, 6) is 0.177. The molecule has 1 heterocycles. The number of ether oxygens (including phenoxy) is 3. The number of methoxy groups -OCH3 is 2. The van der Waals surface area contributed by atoms with Gasteiger partial charge in [0.05, 0.1) is 13.2 Å². The van der Waals surface area contributed by atoms with E-state index in [-0.39, 0.29) is 29.8 Å². The van der Waals surface area contributed by atoms with Gasteiger partial charge in [-0.25, -0.2) is 0 Å². The van der Waals surface area contributed by atoms with Gasteiger partial charge in [0.1, 0.15) is 18.2 Å². The highest BCUT2D eigenvalue weighted by Crippen LogP contribution is 2.33. The Labute approximate surface area is 191 Å². The smallest absolute Gasteiger partial charge is 0.247 e. The fourth-order valence-corrected chi connectivity index (χ4v) is 4.10. The van der Waals surface area contributed by atoms with Crippen LogP contribution < -0.4 is 5.32 Å². The fraction of sp³-hybridized carbons (Fsp3) is 0.600. The van der Waals surface area contributed by atoms with Crippen molar-refractivity contribution in [3.8, 4) is 0 Å². The first-order valence-electron chi connectivity index (χ1n) is 11.4. The maximum Gasteiger partial charge on any atom is 0.247 e. The van der Waals surface area contributed by atoms with E-state index in [9.17, 15) is 9.59 Å². The largest absolute Gasteiger partial charge is 0.376 e. The van der Waals surface area contributed by atoms with Crippen molar-refractivity contribution >= 4 is 17.5 Å². The highest BCUT2D eigenvalue weighted by atomic mass is 16.6. The Hall–Kier alpha value is -2.22. The van der Waals surface area contributed by atoms with Crippen LogP contribution in [0.3, 0.4) is 0 Å². The molecule has 3 atom stereocenters. The summed E-state index contributed by atoms with van der Waals surface area (Å²) in [6, 6.07) is 7.01. The fourth-order valence-electron chi connectivity index (χ4n) is 4.10. The first-order chi connectivity index (χ1) is 15.5. The SMILES string of the molecule is COC1c2ccccc2NC(=O)[C@H](CC(C)C)N(C(=O)C2CC2)C/C=C\COC[C@@H]1OC. The quantitative estimate of drug-likeness (QED) is 0.703. The van der Waals surface area contributed by atoms with E-state index in [1.807, 2.05) is 36.4 Å². The first kappa shape index (κ1) is 24.4. The summed E-state index contributed by atoms with van der Waals surface area (Å²) in [6.45, 7) is 5.26. The van der Waals surface area contributed by atoms with Gasteiger partial charge in [0.2, 0.25) is 11.8 Å². The zero-order valence-corrected chi connectivity index (χ0v) is 19.6. The Balaban J connectivity index is 1.98. The zero-order valence-electron chi connectivity index (χ0n) is 19.6. The molecule has 1 aliphatic carbocycles. The lowest BCUT2D eigenvalue weighted by molar-refractivity contribution is -0.139. The van der Waals surface area contributed by atoms with Crippen LogP contribution in [0.25, 0.3) is 0 Å². The van der Waals surface area contributed by atoms with E-state index in [0.29, 0.717) is 31.9 Å². The lowest BCUT2D eigenvalue weighted by atomic mass is 9.99. The predicted molar refractivity (Wildman–Crippen MR) is 123 cm³/mol. The van der Waals surface area contributed by atoms with Gasteiger partial charge in [-0.3, -0.25) is 9.59 Å². The molecule has 0 radical (unpaired) electrons. The average Bonchev–Trinajstić information content (AvgIpc) is 3.62. The molecule has 0 spiro atoms. The number of benzene rings is 1. The summed E-state index contributed by atoms with van der Waals surface area (Å²) < 4.78 is 17.2. The van der Waals surface area contributed by atoms with Crippen LogP contribution in [-0.2, 0) is 23.8 Å². The molecule has 1 fully saturated rings. The normalized spacial score (nSPS) is 26.2. The van der Waals surface area contributed by atoms with Crippen molar-refractivity contribution in [1.29, 1.82) is 0 Å². The van der Waals surface area contributed by atoms with E-state index in [0.717, 1.165) is 18.4 Å². The summed E-state index contributed by atoms with van der Waals surface area (Å²) in [6.07, 6.45) is 5.43. The van der Waals surface area contributed by atoms with E-state index < -0.39 is 12.1 Å². The van der Waals surface area contributed by atoms with Crippen molar-refractivity contribution in [2.24, 2.45) is 11.8 Å². The third kappa shape index (κ3) is 6.18. The van der Waals surface area contributed by atoms with Gasteiger partial charge in [0.15, 0.2) is 0 Å². The van der Waals surface area contributed by atoms with Gasteiger partial charge in [-0.2, -0.15) is 0 Å². The van der Waals surface area contributed by atoms with E-state index in [1.54, 1.807) is 19.1 Å². The number of rotatable bonds is 5. The molecule has 0 saturated heterocycles. The number of nitrogens with zero attached hydrogens (tertiary/aromatic N) is 1. The van der Waals surface area contributed by atoms with Crippen LogP contribution in [0.4, 0.5) is 5.69 Å². The molecular formula is C25H36N2O5. The second-order valence-corrected chi connectivity index (χ2v) is 8.93. The summed E-state index contributed by atoms with van der Waals surface area (Å²) in [4.78, 5) is 28.4. The van der Waals surface area contributed by atoms with Crippen LogP contribution in [0, 0.1) is 11.8 Å². The van der Waals surface area contributed by atoms with Gasteiger partial charge in [-0.05, 0) is 31.2 Å². The molecule has 7 heteroatoms. The standard InChI is InChI=1S/C25H36N2O5/c1-17(2)15-21-24(28)26-20-10-6-5-9-19(20)23(31-4)22(30-3)16-32-14-8-7-13-27(21)25(29)18-11-12-18/h5-10,17-18,21-23H,11-16H2,1-4H3,(H,26,28)/b8-7-/t21-,22-,23?/m0/s1. The topological polar surface area (TPSA) is 77.1 Å². The van der Waals surface area contributed by atoms with Crippen LogP contribution in [0.15, 0.2) is 36.4 Å². The molecule has 176 valence electrons. The number of para-hydroxylation sites is 1. The minimum Gasteiger partial charge on any atom is -0.376 e. The zero-order chi connectivity index (χ0) is 23.1. The van der Waals surface area contributed by atoms with Crippen molar-refractivity contribution in [3.63, 3.8) is 0 Å². The van der Waals surface area contributed by atoms with Crippen LogP contribution in [0.5, 0.6) is 0 Å². The number of anilines is 1. The molecule has 32 heavy (non-hydrogen) atoms. The summed E-state index contributed by atoms with van der Waals surface area (Å²) in [7, 11) is 3.25. The molecule has 1 unspecified atom stereocenters. The maximum atomic E-state index is 13.6. The molecule has 1 aromatic rings. The Morgan fingerprint density at radius 2 is 1.94 bits per heavy atom. The maximum absolute atomic E-state index is 13.6. The van der Waals surface area contributed by atoms with Gasteiger partial charge < -0.3 is 24.4 Å². The third-order valence-electron chi connectivity index (χ3n) is 5.97. The van der Waals surface area contributed by atoms with Gasteiger partial charge in [0, 0.05) is 37.9 Å². The van der Waals surface area contributed by atoms with E-state index in [1.165, 1.54) is 0 Å². The van der Waals surface area contributed by atoms with Crippen LogP contribution in [0.2, 0.25) is 0 Å². The Morgan fingerprint density at radius 3 is 2.59 bits per heavy atom. The molecule has 7 nitrogen and oxygen atoms in total. The van der Waals surface area contributed by atoms with Gasteiger partial charge in [-0.15, -0.1) is 0 Å². The number of carbonyl (C=O) groups excluding carboxylic acids is 2. The summed E-state index contributed by atoms with van der Waals surface area (Å²) >= 11 is 0. The van der Waals surface area contributed by atoms with Crippen LogP contribution in [0.1, 0.15) is 44.8 Å². The van der Waals surface area contributed by atoms with Crippen molar-refractivity contribution in [3.05, 3.63) is 42.0 Å². The highest BCUT2D eigenvalue weighted by molar-refractivity contribution is 5.98. The molecule has 0 bridgehead atoms. The monoisotopic (exact) mass is 444 g/mol. The van der Waals surface area contributed by atoms with E-state index in [4.69, 9.17) is 14.2 Å². The number of carbonyl (C=O) groups is 2. The van der Waals surface area contributed by atoms with Gasteiger partial charge in [0.25, 0.3) is 0 Å². The van der Waals surface area contributed by atoms with Crippen LogP contribution >= 0.6 is 0 Å². The minimum atomic E-state index is -0.552. The minimum absolute atomic E-state index is 0.0358. The number of hydrogen-bond donors (Lipinski definition) is 1. The summed E-state index contributed by atoms with van der Waals surface area (Å²) in [5.41, 5.74) is 1.47. The third-order valence-corrected chi connectivity index (χ3v) is 5.97. The van der Waals surface area contributed by atoms with Crippen molar-refractivity contribution < 1.29 is 23.8 Å². The lowest BCUT2D eigenvalue weighted by Crippen LogP contribution is -2.49. The lowest BCUT2D eigenvalue weighted by Gasteiger charge is -2.32. The van der Waals surface area contributed by atoms with Crippen molar-refractivity contribution in [2.75, 3.05) is 39.3 Å². The van der Waals surface area contributed by atoms with Crippen molar-refractivity contribution in [2.45, 2.75) is 51.4 Å². The van der Waals surface area contributed by atoms with E-state index >= 15 is 0 Å². The van der Waals surface area contributed by atoms with Crippen molar-refractivity contribution in [1.82, 2.24) is 4.90 Å². The molecule has 1 N–H and O–H groups in total. The molecule has 1 aliphatic heterocycles. The molecule has 3 rings (SSSR count). The molecule has 1 aromatic carbocycles. The first-order valence-corrected chi connectivity index (χ1v) is 11.4. The predicted octanol–water partition coefficient (Wildman–Crippen LogP) is 3.57. The van der Waals surface area contributed by atoms with Gasteiger partial charge >= 0.3 is 0 Å². The Bertz CT molecular complexity index is 805. The Kier molecular flexibility index (Phi) is 8.84. The highest BCUT2D eigenvalue weighted by Gasteiger charge is 2.38. The molecular weight excluding hydrogens is 408 g/mol. The van der Waals surface area contributed by atoms with Gasteiger partial charge in [-0.1, -0.05) is 44.2 Å². The van der Waals surface area contributed by atoms with E-state index in [2.05, 4.69) is 19.2 Å². The molecule has 0 aromatic heterocycles. The molecule has 2 amide bonds.